The molecule has 0 saturated carbocycles. The van der Waals surface area contributed by atoms with Gasteiger partial charge in [0.1, 0.15) is 11.1 Å². The van der Waals surface area contributed by atoms with Crippen molar-refractivity contribution in [2.24, 2.45) is 0 Å². The molecule has 1 aromatic rings. The van der Waals surface area contributed by atoms with Gasteiger partial charge < -0.3 is 5.73 Å². The molecule has 2 rings (SSSR count). The molecule has 1 heterocycles. The molecule has 0 aliphatic heterocycles. The van der Waals surface area contributed by atoms with Gasteiger partial charge in [-0.05, 0) is 0 Å². The van der Waals surface area contributed by atoms with Crippen LogP contribution in [0.5, 0.6) is 0 Å². The van der Waals surface area contributed by atoms with E-state index in [4.69, 9.17) is 11.0 Å². The van der Waals surface area contributed by atoms with Crippen LogP contribution in [0.1, 0.15) is 16.0 Å². The first-order valence-electron chi connectivity index (χ1n) is 3.97. The van der Waals surface area contributed by atoms with Gasteiger partial charge >= 0.3 is 0 Å². The van der Waals surface area contributed by atoms with Gasteiger partial charge in [-0.15, -0.1) is 11.3 Å². The molecular formula is C10H8N2S. The standard InChI is InChI=1S/C10H8N2S/c11-6-8-7-4-2-1-3-5-9(7)13-10(8)12/h1-4H,5,12H2. The fourth-order valence-electron chi connectivity index (χ4n) is 1.36. The summed E-state index contributed by atoms with van der Waals surface area (Å²) in [6.45, 7) is 0. The Morgan fingerprint density at radius 2 is 2.31 bits per heavy atom. The summed E-state index contributed by atoms with van der Waals surface area (Å²) in [4.78, 5) is 1.18. The predicted molar refractivity (Wildman–Crippen MR) is 55.3 cm³/mol. The molecule has 13 heavy (non-hydrogen) atoms. The van der Waals surface area contributed by atoms with Crippen molar-refractivity contribution in [2.75, 3.05) is 5.73 Å². The summed E-state index contributed by atoms with van der Waals surface area (Å²) in [5.74, 6) is 0. The van der Waals surface area contributed by atoms with E-state index in [9.17, 15) is 0 Å². The van der Waals surface area contributed by atoms with Gasteiger partial charge in [-0.3, -0.25) is 0 Å². The number of anilines is 1. The van der Waals surface area contributed by atoms with Gasteiger partial charge in [0.2, 0.25) is 0 Å². The maximum atomic E-state index is 8.88. The van der Waals surface area contributed by atoms with E-state index >= 15 is 0 Å². The summed E-state index contributed by atoms with van der Waals surface area (Å²) in [5, 5.41) is 9.51. The van der Waals surface area contributed by atoms with Gasteiger partial charge in [0.05, 0.1) is 5.56 Å². The van der Waals surface area contributed by atoms with Crippen LogP contribution in [0.2, 0.25) is 0 Å². The molecule has 0 atom stereocenters. The average Bonchev–Trinajstić information content (AvgIpc) is 2.32. The molecule has 2 N–H and O–H groups in total. The molecule has 0 aromatic carbocycles. The number of allylic oxidation sites excluding steroid dienone is 3. The van der Waals surface area contributed by atoms with E-state index in [0.29, 0.717) is 10.6 Å². The Kier molecular flexibility index (Phi) is 1.91. The summed E-state index contributed by atoms with van der Waals surface area (Å²) in [5.41, 5.74) is 7.34. The summed E-state index contributed by atoms with van der Waals surface area (Å²) in [6.07, 6.45) is 8.82. The van der Waals surface area contributed by atoms with Crippen LogP contribution in [-0.4, -0.2) is 0 Å². The number of thiophene rings is 1. The smallest absolute Gasteiger partial charge is 0.105 e. The molecule has 3 heteroatoms. The third-order valence-corrected chi connectivity index (χ3v) is 3.03. The maximum Gasteiger partial charge on any atom is 0.105 e. The second-order valence-electron chi connectivity index (χ2n) is 2.78. The molecule has 0 radical (unpaired) electrons. The molecule has 2 nitrogen and oxygen atoms in total. The zero-order chi connectivity index (χ0) is 9.26. The number of nitriles is 1. The van der Waals surface area contributed by atoms with Gasteiger partial charge in [0, 0.05) is 16.9 Å². The first-order chi connectivity index (χ1) is 6.33. The molecule has 0 spiro atoms. The molecule has 0 saturated heterocycles. The fraction of sp³-hybridized carbons (Fsp3) is 0.100. The molecule has 0 fully saturated rings. The predicted octanol–water partition coefficient (Wildman–Crippen LogP) is 2.33. The number of hydrogen-bond acceptors (Lipinski definition) is 3. The molecular weight excluding hydrogens is 180 g/mol. The monoisotopic (exact) mass is 188 g/mol. The van der Waals surface area contributed by atoms with Crippen molar-refractivity contribution in [1.82, 2.24) is 0 Å². The lowest BCUT2D eigenvalue weighted by Crippen LogP contribution is -1.84. The largest absolute Gasteiger partial charge is 0.389 e. The molecule has 1 aliphatic carbocycles. The molecule has 0 unspecified atom stereocenters. The van der Waals surface area contributed by atoms with Crippen LogP contribution in [-0.2, 0) is 6.42 Å². The first kappa shape index (κ1) is 8.09. The summed E-state index contributed by atoms with van der Waals surface area (Å²) >= 11 is 1.51. The van der Waals surface area contributed by atoms with E-state index in [1.807, 2.05) is 18.2 Å². The first-order valence-corrected chi connectivity index (χ1v) is 4.79. The van der Waals surface area contributed by atoms with Crippen LogP contribution in [0.3, 0.4) is 0 Å². The van der Waals surface area contributed by atoms with E-state index in [1.54, 1.807) is 0 Å². The summed E-state index contributed by atoms with van der Waals surface area (Å²) < 4.78 is 0. The van der Waals surface area contributed by atoms with Crippen molar-refractivity contribution in [2.45, 2.75) is 6.42 Å². The zero-order valence-electron chi connectivity index (χ0n) is 6.95. The molecule has 1 aliphatic rings. The Labute approximate surface area is 80.6 Å². The van der Waals surface area contributed by atoms with E-state index in [-0.39, 0.29) is 0 Å². The van der Waals surface area contributed by atoms with Crippen LogP contribution >= 0.6 is 11.3 Å². The quantitative estimate of drug-likeness (QED) is 0.679. The highest BCUT2D eigenvalue weighted by atomic mass is 32.1. The number of nitrogen functional groups attached to an aromatic ring is 1. The van der Waals surface area contributed by atoms with Gasteiger partial charge in [-0.1, -0.05) is 24.3 Å². The molecule has 64 valence electrons. The van der Waals surface area contributed by atoms with Gasteiger partial charge in [-0.25, -0.2) is 0 Å². The number of rotatable bonds is 0. The number of nitrogens with two attached hydrogens (primary N) is 1. The average molecular weight is 188 g/mol. The Bertz CT molecular complexity index is 433. The fourth-order valence-corrected chi connectivity index (χ4v) is 2.34. The minimum atomic E-state index is 0.625. The molecule has 0 bridgehead atoms. The molecule has 0 amide bonds. The van der Waals surface area contributed by atoms with E-state index in [2.05, 4.69) is 12.1 Å². The van der Waals surface area contributed by atoms with Crippen LogP contribution < -0.4 is 5.73 Å². The lowest BCUT2D eigenvalue weighted by molar-refractivity contribution is 1.33. The minimum absolute atomic E-state index is 0.625. The van der Waals surface area contributed by atoms with Crippen molar-refractivity contribution < 1.29 is 0 Å². The van der Waals surface area contributed by atoms with Crippen molar-refractivity contribution >= 4 is 22.4 Å². The number of hydrogen-bond donors (Lipinski definition) is 1. The summed E-state index contributed by atoms with van der Waals surface area (Å²) in [6, 6.07) is 2.14. The van der Waals surface area contributed by atoms with Gasteiger partial charge in [0.15, 0.2) is 0 Å². The Hall–Kier alpha value is -1.53. The summed E-state index contributed by atoms with van der Waals surface area (Å²) in [7, 11) is 0. The Morgan fingerprint density at radius 1 is 1.46 bits per heavy atom. The second-order valence-corrected chi connectivity index (χ2v) is 3.92. The zero-order valence-corrected chi connectivity index (χ0v) is 7.77. The Balaban J connectivity index is 2.64. The lowest BCUT2D eigenvalue weighted by atomic mass is 10.1. The third kappa shape index (κ3) is 1.25. The van der Waals surface area contributed by atoms with E-state index in [1.165, 1.54) is 16.2 Å². The van der Waals surface area contributed by atoms with E-state index < -0.39 is 0 Å². The van der Waals surface area contributed by atoms with Gasteiger partial charge in [0.25, 0.3) is 0 Å². The van der Waals surface area contributed by atoms with Gasteiger partial charge in [-0.2, -0.15) is 5.26 Å². The van der Waals surface area contributed by atoms with Crippen LogP contribution in [0.25, 0.3) is 6.08 Å². The number of fused-ring (bicyclic) bond motifs is 1. The lowest BCUT2D eigenvalue weighted by Gasteiger charge is -1.91. The van der Waals surface area contributed by atoms with Crippen molar-refractivity contribution in [3.63, 3.8) is 0 Å². The third-order valence-electron chi connectivity index (χ3n) is 1.97. The van der Waals surface area contributed by atoms with Crippen LogP contribution in [0, 0.1) is 11.3 Å². The number of nitrogens with zero attached hydrogens (tertiary/aromatic N) is 1. The van der Waals surface area contributed by atoms with Crippen LogP contribution in [0.4, 0.5) is 5.00 Å². The van der Waals surface area contributed by atoms with Crippen molar-refractivity contribution in [3.05, 3.63) is 34.2 Å². The highest BCUT2D eigenvalue weighted by molar-refractivity contribution is 7.16. The SMILES string of the molecule is N#Cc1c(N)sc2c1C=CC=CC2. The molecule has 1 aromatic heterocycles. The van der Waals surface area contributed by atoms with Crippen LogP contribution in [0.15, 0.2) is 18.2 Å². The Morgan fingerprint density at radius 3 is 3.08 bits per heavy atom. The van der Waals surface area contributed by atoms with Crippen molar-refractivity contribution in [1.29, 1.82) is 5.26 Å². The van der Waals surface area contributed by atoms with E-state index in [0.717, 1.165) is 12.0 Å². The second kappa shape index (κ2) is 3.08. The highest BCUT2D eigenvalue weighted by Gasteiger charge is 2.13. The maximum absolute atomic E-state index is 8.88. The highest BCUT2D eigenvalue weighted by Crippen LogP contribution is 2.32. The van der Waals surface area contributed by atoms with Crippen molar-refractivity contribution in [3.8, 4) is 6.07 Å². The topological polar surface area (TPSA) is 49.8 Å². The normalized spacial score (nSPS) is 13.5. The minimum Gasteiger partial charge on any atom is -0.389 e.